The zero-order valence-electron chi connectivity index (χ0n) is 18.9. The van der Waals surface area contributed by atoms with E-state index >= 15 is 0 Å². The third-order valence-corrected chi connectivity index (χ3v) is 6.82. The molecule has 0 radical (unpaired) electrons. The Morgan fingerprint density at radius 1 is 1.33 bits per heavy atom. The number of rotatable bonds is 11. The molecule has 1 saturated carbocycles. The normalized spacial score (nSPS) is 14.7. The van der Waals surface area contributed by atoms with Gasteiger partial charge in [0.05, 0.1) is 38.4 Å². The van der Waals surface area contributed by atoms with Gasteiger partial charge in [0.15, 0.2) is 0 Å². The number of esters is 1. The van der Waals surface area contributed by atoms with Crippen LogP contribution in [-0.4, -0.2) is 58.4 Å². The second-order valence-corrected chi connectivity index (χ2v) is 9.26. The monoisotopic (exact) mass is 471 g/mol. The summed E-state index contributed by atoms with van der Waals surface area (Å²) >= 11 is 1.19. The quantitative estimate of drug-likeness (QED) is 0.414. The molecule has 2 aromatic heterocycles. The van der Waals surface area contributed by atoms with Gasteiger partial charge < -0.3 is 19.6 Å². The molecule has 1 aliphatic carbocycles. The van der Waals surface area contributed by atoms with Gasteiger partial charge in [-0.3, -0.25) is 9.69 Å². The average Bonchev–Trinajstić information content (AvgIpc) is 3.59. The van der Waals surface area contributed by atoms with Gasteiger partial charge in [-0.2, -0.15) is 0 Å². The summed E-state index contributed by atoms with van der Waals surface area (Å²) in [5, 5.41) is 11.0. The molecule has 2 N–H and O–H groups in total. The van der Waals surface area contributed by atoms with Crippen LogP contribution in [0.1, 0.15) is 46.4 Å². The maximum atomic E-state index is 12.8. The molecule has 4 rings (SSSR count). The van der Waals surface area contributed by atoms with Crippen molar-refractivity contribution in [2.24, 2.45) is 0 Å². The van der Waals surface area contributed by atoms with E-state index in [4.69, 9.17) is 9.47 Å². The van der Waals surface area contributed by atoms with Crippen LogP contribution in [0.2, 0.25) is 0 Å². The summed E-state index contributed by atoms with van der Waals surface area (Å²) in [5.41, 5.74) is 1.49. The number of carbonyl (C=O) groups is 1. The fraction of sp³-hybridized carbons (Fsp3) is 0.458. The topological polar surface area (TPSA) is 105 Å². The molecule has 0 spiro atoms. The Morgan fingerprint density at radius 2 is 2.09 bits per heavy atom. The number of nitrogens with zero attached hydrogens (tertiary/aromatic N) is 2. The number of fused-ring (bicyclic) bond motifs is 1. The van der Waals surface area contributed by atoms with Crippen molar-refractivity contribution in [1.29, 1.82) is 0 Å². The minimum Gasteiger partial charge on any atom is -0.465 e. The zero-order valence-corrected chi connectivity index (χ0v) is 19.7. The number of aryl methyl sites for hydroxylation is 1. The lowest BCUT2D eigenvalue weighted by molar-refractivity contribution is 0.00666. The summed E-state index contributed by atoms with van der Waals surface area (Å²) in [5.74, 6) is 0.0751. The van der Waals surface area contributed by atoms with E-state index in [1.807, 2.05) is 37.3 Å². The number of aromatic nitrogens is 2. The van der Waals surface area contributed by atoms with Crippen LogP contribution in [0.5, 0.6) is 0 Å². The lowest BCUT2D eigenvalue weighted by atomic mass is 10.1. The lowest BCUT2D eigenvalue weighted by Gasteiger charge is -2.24. The molecule has 9 heteroatoms. The highest BCUT2D eigenvalue weighted by molar-refractivity contribution is 7.20. The molecule has 1 atom stereocenters. The molecule has 0 saturated heterocycles. The fourth-order valence-corrected chi connectivity index (χ4v) is 5.17. The summed E-state index contributed by atoms with van der Waals surface area (Å²) in [4.78, 5) is 35.6. The molecule has 0 aliphatic heterocycles. The number of ether oxygens (including phenoxy) is 2. The van der Waals surface area contributed by atoms with Crippen molar-refractivity contribution in [3.8, 4) is 0 Å². The molecule has 176 valence electrons. The van der Waals surface area contributed by atoms with E-state index < -0.39 is 12.1 Å². The average molecular weight is 472 g/mol. The van der Waals surface area contributed by atoms with Crippen molar-refractivity contribution in [3.05, 3.63) is 62.5 Å². The molecule has 0 unspecified atom stereocenters. The van der Waals surface area contributed by atoms with Gasteiger partial charge in [-0.25, -0.2) is 9.78 Å². The first-order valence-electron chi connectivity index (χ1n) is 11.2. The number of aliphatic hydroxyl groups is 1. The van der Waals surface area contributed by atoms with Gasteiger partial charge in [-0.15, -0.1) is 11.3 Å². The highest BCUT2D eigenvalue weighted by atomic mass is 32.1. The lowest BCUT2D eigenvalue weighted by Crippen LogP contribution is -2.37. The third-order valence-electron chi connectivity index (χ3n) is 5.72. The molecular formula is C24H29N3O5S. The van der Waals surface area contributed by atoms with E-state index in [0.29, 0.717) is 58.6 Å². The number of methoxy groups -OCH3 is 1. The van der Waals surface area contributed by atoms with Gasteiger partial charge in [-0.05, 0) is 30.4 Å². The highest BCUT2D eigenvalue weighted by Crippen LogP contribution is 2.30. The van der Waals surface area contributed by atoms with Crippen molar-refractivity contribution in [3.63, 3.8) is 0 Å². The Balaban J connectivity index is 1.44. The van der Waals surface area contributed by atoms with Crippen molar-refractivity contribution in [2.75, 3.05) is 20.3 Å². The van der Waals surface area contributed by atoms with Crippen LogP contribution in [-0.2, 0) is 29.0 Å². The maximum Gasteiger partial charge on any atom is 0.348 e. The molecule has 1 fully saturated rings. The van der Waals surface area contributed by atoms with Gasteiger partial charge in [0.2, 0.25) is 0 Å². The van der Waals surface area contributed by atoms with Crippen molar-refractivity contribution >= 4 is 27.5 Å². The Kier molecular flexibility index (Phi) is 7.54. The highest BCUT2D eigenvalue weighted by Gasteiger charge is 2.31. The molecule has 0 bridgehead atoms. The SMILES string of the molecule is CCc1c(C(=O)OC)sc2nc(CN(C[C@@H](O)COCc3ccccc3)C3CC3)[nH]c(=O)c12. The molecule has 33 heavy (non-hydrogen) atoms. The number of aromatic amines is 1. The van der Waals surface area contributed by atoms with E-state index in [0.717, 1.165) is 18.4 Å². The summed E-state index contributed by atoms with van der Waals surface area (Å²) < 4.78 is 10.5. The Morgan fingerprint density at radius 3 is 2.76 bits per heavy atom. The van der Waals surface area contributed by atoms with Crippen LogP contribution in [0.25, 0.3) is 10.2 Å². The predicted octanol–water partition coefficient (Wildman–Crippen LogP) is 2.88. The van der Waals surface area contributed by atoms with Gasteiger partial charge in [0.1, 0.15) is 15.5 Å². The minimum atomic E-state index is -0.649. The van der Waals surface area contributed by atoms with E-state index in [1.54, 1.807) is 0 Å². The number of H-pyrrole nitrogens is 1. The molecule has 3 aromatic rings. The van der Waals surface area contributed by atoms with Gasteiger partial charge in [0.25, 0.3) is 5.56 Å². The number of thiophene rings is 1. The van der Waals surface area contributed by atoms with E-state index in [9.17, 15) is 14.7 Å². The summed E-state index contributed by atoms with van der Waals surface area (Å²) in [6.45, 7) is 3.43. The van der Waals surface area contributed by atoms with E-state index in [1.165, 1.54) is 18.4 Å². The Hall–Kier alpha value is -2.59. The minimum absolute atomic E-state index is 0.231. The number of aliphatic hydroxyl groups excluding tert-OH is 1. The van der Waals surface area contributed by atoms with Crippen molar-refractivity contribution in [2.45, 2.75) is 51.5 Å². The number of hydrogen-bond acceptors (Lipinski definition) is 8. The van der Waals surface area contributed by atoms with Crippen molar-refractivity contribution < 1.29 is 19.4 Å². The van der Waals surface area contributed by atoms with E-state index in [-0.39, 0.29) is 12.2 Å². The van der Waals surface area contributed by atoms with Crippen LogP contribution >= 0.6 is 11.3 Å². The second-order valence-electron chi connectivity index (χ2n) is 8.26. The fourth-order valence-electron chi connectivity index (χ4n) is 3.96. The summed E-state index contributed by atoms with van der Waals surface area (Å²) in [6, 6.07) is 10.2. The largest absolute Gasteiger partial charge is 0.465 e. The maximum absolute atomic E-state index is 12.8. The van der Waals surface area contributed by atoms with Crippen LogP contribution in [0.15, 0.2) is 35.1 Å². The molecule has 8 nitrogen and oxygen atoms in total. The Bertz CT molecular complexity index is 1160. The van der Waals surface area contributed by atoms with Crippen LogP contribution in [0.4, 0.5) is 0 Å². The number of benzene rings is 1. The summed E-state index contributed by atoms with van der Waals surface area (Å²) in [6.07, 6.45) is 1.99. The standard InChI is InChI=1S/C24H29N3O5S/c1-3-18-20-22(29)25-19(26-23(20)33-21(18)24(30)31-2)12-27(16-9-10-16)11-17(28)14-32-13-15-7-5-4-6-8-15/h4-8,16-17,28H,3,9-14H2,1-2H3,(H,25,26,29)/t17-/m1/s1. The first kappa shape index (κ1) is 23.6. The second kappa shape index (κ2) is 10.6. The molecule has 1 aromatic carbocycles. The van der Waals surface area contributed by atoms with Gasteiger partial charge in [-0.1, -0.05) is 37.3 Å². The third kappa shape index (κ3) is 5.67. The molecule has 1 aliphatic rings. The summed E-state index contributed by atoms with van der Waals surface area (Å²) in [7, 11) is 1.33. The van der Waals surface area contributed by atoms with Crippen LogP contribution in [0.3, 0.4) is 0 Å². The van der Waals surface area contributed by atoms with E-state index in [2.05, 4.69) is 14.9 Å². The smallest absolute Gasteiger partial charge is 0.348 e. The van der Waals surface area contributed by atoms with Gasteiger partial charge in [0, 0.05) is 12.6 Å². The van der Waals surface area contributed by atoms with Crippen molar-refractivity contribution in [1.82, 2.24) is 14.9 Å². The van der Waals surface area contributed by atoms with Gasteiger partial charge >= 0.3 is 5.97 Å². The molecule has 2 heterocycles. The van der Waals surface area contributed by atoms with Crippen LogP contribution in [0, 0.1) is 0 Å². The molecule has 0 amide bonds. The first-order valence-corrected chi connectivity index (χ1v) is 12.0. The number of carbonyl (C=O) groups excluding carboxylic acids is 1. The first-order chi connectivity index (χ1) is 16.0. The zero-order chi connectivity index (χ0) is 23.4. The van der Waals surface area contributed by atoms with Crippen LogP contribution < -0.4 is 5.56 Å². The number of nitrogens with one attached hydrogen (secondary N) is 1. The Labute approximate surface area is 196 Å². The molecular weight excluding hydrogens is 442 g/mol. The number of hydrogen-bond donors (Lipinski definition) is 2. The predicted molar refractivity (Wildman–Crippen MR) is 126 cm³/mol.